The van der Waals surface area contributed by atoms with Gasteiger partial charge in [-0.15, -0.1) is 0 Å². The third-order valence-corrected chi connectivity index (χ3v) is 5.39. The fraction of sp³-hybridized carbons (Fsp3) is 0.381. The second-order valence-electron chi connectivity index (χ2n) is 7.31. The van der Waals surface area contributed by atoms with E-state index in [-0.39, 0.29) is 11.7 Å². The van der Waals surface area contributed by atoms with Gasteiger partial charge in [0, 0.05) is 56.1 Å². The highest BCUT2D eigenvalue weighted by Gasteiger charge is 2.41. The van der Waals surface area contributed by atoms with Gasteiger partial charge >= 0.3 is 0 Å². The van der Waals surface area contributed by atoms with Gasteiger partial charge in [-0.05, 0) is 25.0 Å². The smallest absolute Gasteiger partial charge is 0.226 e. The Kier molecular flexibility index (Phi) is 5.71. The van der Waals surface area contributed by atoms with Crippen molar-refractivity contribution in [1.82, 2.24) is 20.4 Å². The lowest BCUT2D eigenvalue weighted by molar-refractivity contribution is -0.137. The quantitative estimate of drug-likeness (QED) is 0.638. The zero-order valence-electron chi connectivity index (χ0n) is 16.0. The van der Waals surface area contributed by atoms with Crippen molar-refractivity contribution in [2.75, 3.05) is 19.8 Å². The summed E-state index contributed by atoms with van der Waals surface area (Å²) in [6.45, 7) is 1.55. The lowest BCUT2D eigenvalue weighted by atomic mass is 9.75. The van der Waals surface area contributed by atoms with Gasteiger partial charge in [0.1, 0.15) is 17.3 Å². The Morgan fingerprint density at radius 1 is 1.28 bits per heavy atom. The van der Waals surface area contributed by atoms with Crippen molar-refractivity contribution in [3.63, 3.8) is 0 Å². The second-order valence-corrected chi connectivity index (χ2v) is 7.31. The van der Waals surface area contributed by atoms with Gasteiger partial charge in [0.2, 0.25) is 5.91 Å². The molecule has 2 aromatic heterocycles. The Morgan fingerprint density at radius 2 is 2.10 bits per heavy atom. The molecule has 3 aromatic rings. The van der Waals surface area contributed by atoms with Crippen LogP contribution in [0.15, 0.2) is 47.4 Å². The number of carbonyl (C=O) groups is 1. The standard InChI is InChI=1S/C21H23FN4O3/c22-18-4-2-1-3-17(18)19-11-16(29-26-19)12-21(6-9-28-10-7-21)20(27)24-8-5-15-13-23-14-25-15/h1-4,11,13-14H,5-10,12H2,(H,23,25)(H,24,27). The lowest BCUT2D eigenvalue weighted by Crippen LogP contribution is -2.46. The van der Waals surface area contributed by atoms with Gasteiger partial charge in [-0.25, -0.2) is 9.37 Å². The van der Waals surface area contributed by atoms with Crippen LogP contribution in [0.2, 0.25) is 0 Å². The highest BCUT2D eigenvalue weighted by molar-refractivity contribution is 5.83. The maximum Gasteiger partial charge on any atom is 0.226 e. The first-order valence-corrected chi connectivity index (χ1v) is 9.70. The molecule has 4 rings (SSSR count). The molecule has 0 radical (unpaired) electrons. The average Bonchev–Trinajstić information content (AvgIpc) is 3.41. The van der Waals surface area contributed by atoms with E-state index < -0.39 is 5.41 Å². The number of imidazole rings is 1. The third kappa shape index (κ3) is 4.37. The molecule has 1 aliphatic heterocycles. The normalized spacial score (nSPS) is 15.9. The zero-order valence-corrected chi connectivity index (χ0v) is 16.0. The van der Waals surface area contributed by atoms with E-state index in [1.54, 1.807) is 36.8 Å². The number of hydrogen-bond donors (Lipinski definition) is 2. The molecule has 8 heteroatoms. The van der Waals surface area contributed by atoms with Gasteiger partial charge in [0.15, 0.2) is 0 Å². The van der Waals surface area contributed by atoms with Crippen LogP contribution in [-0.2, 0) is 22.4 Å². The zero-order chi connectivity index (χ0) is 20.1. The lowest BCUT2D eigenvalue weighted by Gasteiger charge is -2.35. The fourth-order valence-electron chi connectivity index (χ4n) is 3.69. The number of H-pyrrole nitrogens is 1. The van der Waals surface area contributed by atoms with E-state index in [9.17, 15) is 9.18 Å². The van der Waals surface area contributed by atoms with Gasteiger partial charge in [0.25, 0.3) is 0 Å². The van der Waals surface area contributed by atoms with Crippen LogP contribution in [0.4, 0.5) is 4.39 Å². The van der Waals surface area contributed by atoms with E-state index in [4.69, 9.17) is 9.26 Å². The number of carbonyl (C=O) groups excluding carboxylic acids is 1. The molecule has 1 amide bonds. The molecule has 2 N–H and O–H groups in total. The molecule has 0 saturated carbocycles. The fourth-order valence-corrected chi connectivity index (χ4v) is 3.69. The number of benzene rings is 1. The van der Waals surface area contributed by atoms with E-state index in [2.05, 4.69) is 20.4 Å². The largest absolute Gasteiger partial charge is 0.381 e. The first-order valence-electron chi connectivity index (χ1n) is 9.70. The Morgan fingerprint density at radius 3 is 2.86 bits per heavy atom. The summed E-state index contributed by atoms with van der Waals surface area (Å²) in [5.41, 5.74) is 1.15. The topological polar surface area (TPSA) is 93.0 Å². The van der Waals surface area contributed by atoms with Gasteiger partial charge in [-0.2, -0.15) is 0 Å². The molecule has 152 valence electrons. The SMILES string of the molecule is O=C(NCCc1cnc[nH]1)C1(Cc2cc(-c3ccccc3F)no2)CCOCC1. The number of aromatic amines is 1. The van der Waals surface area contributed by atoms with Gasteiger partial charge in [-0.3, -0.25) is 4.79 Å². The number of ether oxygens (including phenoxy) is 1. The van der Waals surface area contributed by atoms with Crippen molar-refractivity contribution in [2.24, 2.45) is 5.41 Å². The predicted octanol–water partition coefficient (Wildman–Crippen LogP) is 2.90. The summed E-state index contributed by atoms with van der Waals surface area (Å²) in [4.78, 5) is 20.1. The van der Waals surface area contributed by atoms with E-state index in [1.165, 1.54) is 6.07 Å². The number of aromatic nitrogens is 3. The number of amides is 1. The molecular weight excluding hydrogens is 375 g/mol. The molecule has 1 aromatic carbocycles. The van der Waals surface area contributed by atoms with E-state index >= 15 is 0 Å². The van der Waals surface area contributed by atoms with Gasteiger partial charge in [0.05, 0.1) is 11.7 Å². The highest BCUT2D eigenvalue weighted by atomic mass is 19.1. The van der Waals surface area contributed by atoms with Crippen LogP contribution < -0.4 is 5.32 Å². The van der Waals surface area contributed by atoms with Crippen molar-refractivity contribution in [1.29, 1.82) is 0 Å². The van der Waals surface area contributed by atoms with E-state index in [1.807, 2.05) is 0 Å². The van der Waals surface area contributed by atoms with Crippen molar-refractivity contribution in [3.05, 3.63) is 60.1 Å². The number of nitrogens with one attached hydrogen (secondary N) is 2. The highest BCUT2D eigenvalue weighted by Crippen LogP contribution is 2.36. The molecule has 1 saturated heterocycles. The van der Waals surface area contributed by atoms with Gasteiger partial charge < -0.3 is 19.6 Å². The summed E-state index contributed by atoms with van der Waals surface area (Å²) >= 11 is 0. The van der Waals surface area contributed by atoms with Crippen LogP contribution in [0.3, 0.4) is 0 Å². The maximum absolute atomic E-state index is 14.0. The van der Waals surface area contributed by atoms with E-state index in [0.717, 1.165) is 5.69 Å². The third-order valence-electron chi connectivity index (χ3n) is 5.39. The molecule has 0 bridgehead atoms. The van der Waals surface area contributed by atoms with Crippen molar-refractivity contribution >= 4 is 5.91 Å². The van der Waals surface area contributed by atoms with E-state index in [0.29, 0.717) is 62.5 Å². The van der Waals surface area contributed by atoms with Crippen LogP contribution >= 0.6 is 0 Å². The monoisotopic (exact) mass is 398 g/mol. The van der Waals surface area contributed by atoms with Crippen LogP contribution in [-0.4, -0.2) is 40.8 Å². The minimum absolute atomic E-state index is 0.0239. The molecule has 1 fully saturated rings. The molecular formula is C21H23FN4O3. The number of nitrogens with zero attached hydrogens (tertiary/aromatic N) is 2. The molecule has 1 aliphatic rings. The molecule has 0 aliphatic carbocycles. The summed E-state index contributed by atoms with van der Waals surface area (Å²) in [5.74, 6) is 0.183. The van der Waals surface area contributed by atoms with Crippen molar-refractivity contribution in [3.8, 4) is 11.3 Å². The number of rotatable bonds is 7. The average molecular weight is 398 g/mol. The summed E-state index contributed by atoms with van der Waals surface area (Å²) in [6.07, 6.45) is 5.63. The predicted molar refractivity (Wildman–Crippen MR) is 103 cm³/mol. The minimum Gasteiger partial charge on any atom is -0.381 e. The molecule has 0 spiro atoms. The molecule has 3 heterocycles. The second kappa shape index (κ2) is 8.57. The van der Waals surface area contributed by atoms with Crippen molar-refractivity contribution < 1.29 is 18.4 Å². The number of halogens is 1. The van der Waals surface area contributed by atoms with Crippen LogP contribution in [0.1, 0.15) is 24.3 Å². The molecule has 7 nitrogen and oxygen atoms in total. The molecule has 29 heavy (non-hydrogen) atoms. The Balaban J connectivity index is 1.47. The number of hydrogen-bond acceptors (Lipinski definition) is 5. The molecule has 0 unspecified atom stereocenters. The first kappa shape index (κ1) is 19.3. The summed E-state index contributed by atoms with van der Waals surface area (Å²) in [6, 6.07) is 8.14. The van der Waals surface area contributed by atoms with Crippen LogP contribution in [0, 0.1) is 11.2 Å². The summed E-state index contributed by atoms with van der Waals surface area (Å²) < 4.78 is 25.0. The Hall–Kier alpha value is -3.00. The van der Waals surface area contributed by atoms with Gasteiger partial charge in [-0.1, -0.05) is 17.3 Å². The Labute approximate surface area is 167 Å². The minimum atomic E-state index is -0.627. The Bertz CT molecular complexity index is 949. The van der Waals surface area contributed by atoms with Crippen LogP contribution in [0.5, 0.6) is 0 Å². The summed E-state index contributed by atoms with van der Waals surface area (Å²) in [5, 5.41) is 7.05. The first-order chi connectivity index (χ1) is 14.2. The van der Waals surface area contributed by atoms with Crippen LogP contribution in [0.25, 0.3) is 11.3 Å². The molecule has 0 atom stereocenters. The van der Waals surface area contributed by atoms with Crippen molar-refractivity contribution in [2.45, 2.75) is 25.7 Å². The maximum atomic E-state index is 14.0. The summed E-state index contributed by atoms with van der Waals surface area (Å²) in [7, 11) is 0.